The summed E-state index contributed by atoms with van der Waals surface area (Å²) in [6, 6.07) is 0.907. The fraction of sp³-hybridized carbons (Fsp3) is 0.938. The van der Waals surface area contributed by atoms with Crippen molar-refractivity contribution in [3.05, 3.63) is 6.92 Å². The lowest BCUT2D eigenvalue weighted by Gasteiger charge is -2.54. The molecule has 24 heavy (non-hydrogen) atoms. The van der Waals surface area contributed by atoms with E-state index in [4.69, 9.17) is 16.5 Å². The first-order valence-electron chi connectivity index (χ1n) is 9.32. The van der Waals surface area contributed by atoms with E-state index in [1.807, 2.05) is 0 Å². The summed E-state index contributed by atoms with van der Waals surface area (Å²) >= 11 is 0. The van der Waals surface area contributed by atoms with E-state index in [1.165, 1.54) is 0 Å². The Balaban J connectivity index is 3.51. The lowest BCUT2D eigenvalue weighted by molar-refractivity contribution is 0.207. The van der Waals surface area contributed by atoms with Gasteiger partial charge in [0.15, 0.2) is 0 Å². The van der Waals surface area contributed by atoms with Gasteiger partial charge in [-0.2, -0.15) is 0 Å². The third kappa shape index (κ3) is 4.90. The maximum atomic E-state index is 7.15. The second-order valence-electron chi connectivity index (χ2n) is 8.81. The Labute approximate surface area is 154 Å². The Kier molecular flexibility index (Phi) is 7.35. The van der Waals surface area contributed by atoms with Gasteiger partial charge in [0.2, 0.25) is 0 Å². The van der Waals surface area contributed by atoms with E-state index in [2.05, 4.69) is 74.7 Å². The van der Waals surface area contributed by atoms with E-state index in [0.717, 1.165) is 12.5 Å². The highest BCUT2D eigenvalue weighted by Gasteiger charge is 2.60. The molecule has 0 bridgehead atoms. The van der Waals surface area contributed by atoms with Crippen LogP contribution >= 0.6 is 0 Å². The molecule has 0 N–H and O–H groups in total. The molecule has 0 aromatic rings. The molecule has 1 aliphatic rings. The summed E-state index contributed by atoms with van der Waals surface area (Å²) in [6.45, 7) is 26.1. The summed E-state index contributed by atoms with van der Waals surface area (Å²) in [5.41, 5.74) is 1.06. The van der Waals surface area contributed by atoms with Gasteiger partial charge in [-0.1, -0.05) is 54.9 Å². The van der Waals surface area contributed by atoms with Crippen LogP contribution in [0.15, 0.2) is 0 Å². The summed E-state index contributed by atoms with van der Waals surface area (Å²) < 4.78 is 27.4. The maximum Gasteiger partial charge on any atom is 0.325 e. The summed E-state index contributed by atoms with van der Waals surface area (Å²) in [7, 11) is -9.57. The van der Waals surface area contributed by atoms with Gasteiger partial charge in [-0.05, 0) is 48.9 Å². The standard InChI is InChI=1S/C16H39O4Si4/c1-12-13-23(14(2)3)18-21(8,9)17-22(10,11)19-24(20-23,15(4)5)16(6)7/h14-16H,1,12-13H2,2-11H3. The summed E-state index contributed by atoms with van der Waals surface area (Å²) in [5.74, 6) is 0. The van der Waals surface area contributed by atoms with Gasteiger partial charge < -0.3 is 16.5 Å². The Morgan fingerprint density at radius 2 is 1.12 bits per heavy atom. The van der Waals surface area contributed by atoms with Crippen LogP contribution in [0, 0.1) is 6.92 Å². The van der Waals surface area contributed by atoms with Crippen molar-refractivity contribution in [3.63, 3.8) is 0 Å². The highest BCUT2D eigenvalue weighted by Crippen LogP contribution is 2.46. The van der Waals surface area contributed by atoms with Gasteiger partial charge in [-0.3, -0.25) is 0 Å². The molecular weight excluding hydrogens is 369 g/mol. The Morgan fingerprint density at radius 3 is 1.50 bits per heavy atom. The quantitative estimate of drug-likeness (QED) is 0.539. The Bertz CT molecular complexity index is 418. The third-order valence-corrected chi connectivity index (χ3v) is 23.9. The van der Waals surface area contributed by atoms with E-state index in [9.17, 15) is 0 Å². The normalized spacial score (nSPS) is 29.8. The second kappa shape index (κ2) is 7.75. The van der Waals surface area contributed by atoms with Crippen LogP contribution in [0.4, 0.5) is 0 Å². The SMILES string of the molecule is [CH2]CC[Si]1(C(C)C)O[Si](C)(C)O[Si](C)(C)O[Si](C(C)C)(C(C)C)O1. The topological polar surface area (TPSA) is 36.9 Å². The monoisotopic (exact) mass is 407 g/mol. The Hall–Kier alpha value is 0.708. The zero-order chi connectivity index (χ0) is 19.0. The van der Waals surface area contributed by atoms with Crippen molar-refractivity contribution in [2.24, 2.45) is 0 Å². The molecule has 1 heterocycles. The molecule has 143 valence electrons. The zero-order valence-electron chi connectivity index (χ0n) is 17.5. The van der Waals surface area contributed by atoms with Crippen LogP contribution < -0.4 is 0 Å². The third-order valence-electron chi connectivity index (χ3n) is 4.66. The molecule has 0 aromatic heterocycles. The lowest BCUT2D eigenvalue weighted by Crippen LogP contribution is -2.70. The van der Waals surface area contributed by atoms with E-state index < -0.39 is 34.2 Å². The lowest BCUT2D eigenvalue weighted by atomic mass is 10.5. The summed E-state index contributed by atoms with van der Waals surface area (Å²) in [4.78, 5) is 0. The van der Waals surface area contributed by atoms with Crippen molar-refractivity contribution in [3.8, 4) is 0 Å². The second-order valence-corrected chi connectivity index (χ2v) is 24.7. The fourth-order valence-corrected chi connectivity index (χ4v) is 28.1. The molecular formula is C16H39O4Si4. The molecule has 0 aromatic carbocycles. The van der Waals surface area contributed by atoms with Crippen LogP contribution in [0.25, 0.3) is 0 Å². The van der Waals surface area contributed by atoms with Gasteiger partial charge in [-0.15, -0.1) is 0 Å². The molecule has 1 saturated heterocycles. The van der Waals surface area contributed by atoms with E-state index >= 15 is 0 Å². The van der Waals surface area contributed by atoms with Crippen molar-refractivity contribution in [2.75, 3.05) is 0 Å². The van der Waals surface area contributed by atoms with Crippen LogP contribution in [0.2, 0.25) is 48.9 Å². The molecule has 1 atom stereocenters. The first kappa shape index (κ1) is 22.7. The molecule has 1 fully saturated rings. The number of rotatable bonds is 5. The van der Waals surface area contributed by atoms with Crippen molar-refractivity contribution in [1.82, 2.24) is 0 Å². The molecule has 0 saturated carbocycles. The van der Waals surface area contributed by atoms with Gasteiger partial charge in [0, 0.05) is 0 Å². The minimum atomic E-state index is -2.49. The van der Waals surface area contributed by atoms with Gasteiger partial charge in [0.1, 0.15) is 0 Å². The molecule has 1 rings (SSSR count). The molecule has 1 unspecified atom stereocenters. The predicted molar refractivity (Wildman–Crippen MR) is 111 cm³/mol. The van der Waals surface area contributed by atoms with Gasteiger partial charge in [0.05, 0.1) is 0 Å². The highest BCUT2D eigenvalue weighted by molar-refractivity contribution is 6.94. The predicted octanol–water partition coefficient (Wildman–Crippen LogP) is 5.81. The summed E-state index contributed by atoms with van der Waals surface area (Å²) in [6.07, 6.45) is 0.830. The first-order valence-corrected chi connectivity index (χ1v) is 19.0. The molecule has 1 radical (unpaired) electrons. The molecule has 0 amide bonds. The van der Waals surface area contributed by atoms with Crippen molar-refractivity contribution >= 4 is 34.2 Å². The van der Waals surface area contributed by atoms with Crippen molar-refractivity contribution < 1.29 is 16.5 Å². The van der Waals surface area contributed by atoms with Crippen LogP contribution in [-0.2, 0) is 16.5 Å². The molecule has 1 aliphatic heterocycles. The average Bonchev–Trinajstić information content (AvgIpc) is 2.33. The van der Waals surface area contributed by atoms with Gasteiger partial charge in [-0.25, -0.2) is 0 Å². The van der Waals surface area contributed by atoms with Crippen molar-refractivity contribution in [2.45, 2.75) is 96.8 Å². The largest absolute Gasteiger partial charge is 0.416 e. The molecule has 8 heteroatoms. The Morgan fingerprint density at radius 1 is 0.667 bits per heavy atom. The average molecular weight is 408 g/mol. The van der Waals surface area contributed by atoms with E-state index in [-0.39, 0.29) is 0 Å². The van der Waals surface area contributed by atoms with E-state index in [0.29, 0.717) is 16.6 Å². The van der Waals surface area contributed by atoms with Crippen LogP contribution in [-0.4, -0.2) is 34.2 Å². The van der Waals surface area contributed by atoms with Crippen molar-refractivity contribution in [1.29, 1.82) is 0 Å². The molecule has 0 spiro atoms. The van der Waals surface area contributed by atoms with Crippen LogP contribution in [0.3, 0.4) is 0 Å². The molecule has 0 aliphatic carbocycles. The fourth-order valence-electron chi connectivity index (χ4n) is 3.76. The maximum absolute atomic E-state index is 7.15. The first-order chi connectivity index (χ1) is 10.7. The summed E-state index contributed by atoms with van der Waals surface area (Å²) in [5, 5.41) is 0. The smallest absolute Gasteiger partial charge is 0.325 e. The van der Waals surface area contributed by atoms with Crippen LogP contribution in [0.1, 0.15) is 48.0 Å². The minimum absolute atomic E-state index is 0.352. The van der Waals surface area contributed by atoms with Gasteiger partial charge >= 0.3 is 34.2 Å². The number of hydrogen-bond donors (Lipinski definition) is 0. The van der Waals surface area contributed by atoms with E-state index in [1.54, 1.807) is 0 Å². The van der Waals surface area contributed by atoms with Crippen LogP contribution in [0.5, 0.6) is 0 Å². The zero-order valence-corrected chi connectivity index (χ0v) is 21.5. The number of hydrogen-bond acceptors (Lipinski definition) is 4. The molecule has 4 nitrogen and oxygen atoms in total. The minimum Gasteiger partial charge on any atom is -0.416 e. The van der Waals surface area contributed by atoms with Gasteiger partial charge in [0.25, 0.3) is 0 Å². The highest BCUT2D eigenvalue weighted by atomic mass is 28.5.